The lowest BCUT2D eigenvalue weighted by atomic mass is 10.0. The Balaban J connectivity index is 1.42. The summed E-state index contributed by atoms with van der Waals surface area (Å²) in [5.74, 6) is 0.750. The van der Waals surface area contributed by atoms with Crippen molar-refractivity contribution >= 4 is 55.1 Å². The molecule has 0 radical (unpaired) electrons. The average Bonchev–Trinajstić information content (AvgIpc) is 3.67. The highest BCUT2D eigenvalue weighted by atomic mass is 15.2. The van der Waals surface area contributed by atoms with Crippen LogP contribution in [-0.2, 0) is 0 Å². The van der Waals surface area contributed by atoms with E-state index in [1.165, 1.54) is 0 Å². The zero-order valence-corrected chi connectivity index (χ0v) is 24.4. The van der Waals surface area contributed by atoms with Crippen molar-refractivity contribution in [2.45, 2.75) is 0 Å². The highest BCUT2D eigenvalue weighted by molar-refractivity contribution is 6.11. The molecule has 3 aromatic heterocycles. The number of benzene rings is 6. The fraction of sp³-hybridized carbons (Fsp3) is 0. The second-order valence-electron chi connectivity index (χ2n) is 11.3. The largest absolute Gasteiger partial charge is 0.279 e. The Morgan fingerprint density at radius 3 is 1.80 bits per heavy atom. The Morgan fingerprint density at radius 1 is 0.565 bits per heavy atom. The predicted molar refractivity (Wildman–Crippen MR) is 184 cm³/mol. The van der Waals surface area contributed by atoms with Crippen LogP contribution in [0.25, 0.3) is 82.4 Å². The number of aromatic nitrogens is 4. The summed E-state index contributed by atoms with van der Waals surface area (Å²) < 4.78 is 4.42. The monoisotopic (exact) mass is 586 g/mol. The van der Waals surface area contributed by atoms with Gasteiger partial charge in [0.1, 0.15) is 5.65 Å². The van der Waals surface area contributed by atoms with E-state index in [-0.39, 0.29) is 0 Å². The molecule has 9 rings (SSSR count). The standard InChI is InChI=1S/C40H22N6/c1-42-30-18-14-27(15-19-30)29-17-21-32-31-20-16-28(26-12-10-25(24-41)11-13-26)22-37(31)45(38(32)23-29)40-44-34-7-3-2-6-33(34)39-43-35-8-4-5-9-36(35)46(39)40/h2-23H. The Labute approximate surface area is 263 Å². The summed E-state index contributed by atoms with van der Waals surface area (Å²) in [6.45, 7) is 7.37. The van der Waals surface area contributed by atoms with Crippen molar-refractivity contribution in [1.29, 1.82) is 5.26 Å². The molecule has 0 saturated heterocycles. The molecule has 0 spiro atoms. The molecule has 3 heterocycles. The van der Waals surface area contributed by atoms with Gasteiger partial charge in [0.25, 0.3) is 0 Å². The van der Waals surface area contributed by atoms with E-state index >= 15 is 0 Å². The predicted octanol–water partition coefficient (Wildman–Crippen LogP) is 9.89. The third-order valence-electron chi connectivity index (χ3n) is 8.77. The van der Waals surface area contributed by atoms with Crippen molar-refractivity contribution < 1.29 is 0 Å². The van der Waals surface area contributed by atoms with Gasteiger partial charge in [-0.25, -0.2) is 14.8 Å². The molecule has 0 aliphatic heterocycles. The van der Waals surface area contributed by atoms with Gasteiger partial charge >= 0.3 is 0 Å². The van der Waals surface area contributed by atoms with Crippen LogP contribution >= 0.6 is 0 Å². The van der Waals surface area contributed by atoms with Gasteiger partial charge in [-0.1, -0.05) is 84.9 Å². The van der Waals surface area contributed by atoms with Crippen molar-refractivity contribution in [2.75, 3.05) is 0 Å². The van der Waals surface area contributed by atoms with Crippen molar-refractivity contribution in [2.24, 2.45) is 0 Å². The Kier molecular flexibility index (Phi) is 5.53. The van der Waals surface area contributed by atoms with Crippen LogP contribution in [0, 0.1) is 17.9 Å². The summed E-state index contributed by atoms with van der Waals surface area (Å²) >= 11 is 0. The molecule has 0 aliphatic carbocycles. The lowest BCUT2D eigenvalue weighted by Crippen LogP contribution is -2.06. The molecule has 0 saturated carbocycles. The minimum absolute atomic E-state index is 0.615. The zero-order valence-electron chi connectivity index (χ0n) is 24.4. The second-order valence-corrected chi connectivity index (χ2v) is 11.3. The molecule has 6 heteroatoms. The molecule has 0 unspecified atom stereocenters. The van der Waals surface area contributed by atoms with E-state index in [4.69, 9.17) is 16.5 Å². The third kappa shape index (κ3) is 3.81. The summed E-state index contributed by atoms with van der Waals surface area (Å²) in [7, 11) is 0. The van der Waals surface area contributed by atoms with E-state index in [2.05, 4.69) is 68.4 Å². The highest BCUT2D eigenvalue weighted by Crippen LogP contribution is 2.38. The van der Waals surface area contributed by atoms with Crippen LogP contribution in [0.2, 0.25) is 0 Å². The minimum atomic E-state index is 0.615. The molecule has 0 aliphatic rings. The van der Waals surface area contributed by atoms with Gasteiger partial charge in [-0.2, -0.15) is 5.26 Å². The van der Waals surface area contributed by atoms with Crippen LogP contribution < -0.4 is 0 Å². The number of rotatable bonds is 3. The first-order chi connectivity index (χ1) is 22.7. The summed E-state index contributed by atoms with van der Waals surface area (Å²) in [5.41, 5.74) is 11.0. The van der Waals surface area contributed by atoms with Crippen LogP contribution in [0.5, 0.6) is 0 Å². The number of hydrogen-bond acceptors (Lipinski definition) is 3. The molecule has 212 valence electrons. The van der Waals surface area contributed by atoms with E-state index in [1.807, 2.05) is 84.9 Å². The molecule has 0 amide bonds. The van der Waals surface area contributed by atoms with Gasteiger partial charge in [0.05, 0.1) is 45.8 Å². The molecule has 9 aromatic rings. The third-order valence-corrected chi connectivity index (χ3v) is 8.77. The Hall–Kier alpha value is -6.76. The fourth-order valence-electron chi connectivity index (χ4n) is 6.54. The molecule has 6 nitrogen and oxygen atoms in total. The molecule has 0 bridgehead atoms. The van der Waals surface area contributed by atoms with E-state index in [9.17, 15) is 5.26 Å². The van der Waals surface area contributed by atoms with Crippen LogP contribution in [-0.4, -0.2) is 18.9 Å². The average molecular weight is 587 g/mol. The smallest absolute Gasteiger partial charge is 0.221 e. The summed E-state index contributed by atoms with van der Waals surface area (Å²) in [5, 5.41) is 12.6. The molecule has 0 fully saturated rings. The van der Waals surface area contributed by atoms with Crippen molar-refractivity contribution in [1.82, 2.24) is 18.9 Å². The number of imidazole rings is 1. The molecule has 0 atom stereocenters. The highest BCUT2D eigenvalue weighted by Gasteiger charge is 2.21. The molecule has 6 aromatic carbocycles. The summed E-state index contributed by atoms with van der Waals surface area (Å²) in [6, 6.07) is 47.0. The lowest BCUT2D eigenvalue weighted by molar-refractivity contribution is 0.979. The Morgan fingerprint density at radius 2 is 1.15 bits per heavy atom. The first-order valence-corrected chi connectivity index (χ1v) is 14.9. The van der Waals surface area contributed by atoms with Crippen LogP contribution in [0.15, 0.2) is 133 Å². The quantitative estimate of drug-likeness (QED) is 0.194. The molecular weight excluding hydrogens is 564 g/mol. The normalized spacial score (nSPS) is 11.4. The maximum Gasteiger partial charge on any atom is 0.221 e. The molecular formula is C40H22N6. The van der Waals surface area contributed by atoms with Crippen LogP contribution in [0.1, 0.15) is 5.56 Å². The van der Waals surface area contributed by atoms with Gasteiger partial charge in [0, 0.05) is 16.2 Å². The van der Waals surface area contributed by atoms with Gasteiger partial charge in [0.2, 0.25) is 5.95 Å². The van der Waals surface area contributed by atoms with Crippen molar-refractivity contribution in [3.8, 4) is 34.3 Å². The van der Waals surface area contributed by atoms with Crippen molar-refractivity contribution in [3.63, 3.8) is 0 Å². The fourth-order valence-corrected chi connectivity index (χ4v) is 6.54. The summed E-state index contributed by atoms with van der Waals surface area (Å²) in [6.07, 6.45) is 0. The number of hydrogen-bond donors (Lipinski definition) is 0. The second kappa shape index (κ2) is 9.89. The number of nitriles is 1. The zero-order chi connectivity index (χ0) is 30.8. The van der Waals surface area contributed by atoms with E-state index in [1.54, 1.807) is 0 Å². The SMILES string of the molecule is [C-]#[N+]c1ccc(-c2ccc3c4ccc(-c5ccc(C#N)cc5)cc4n(-c4nc5ccccc5c5nc6ccccc6n45)c3c2)cc1. The first kappa shape index (κ1) is 25.7. The van der Waals surface area contributed by atoms with E-state index in [0.717, 1.165) is 77.6 Å². The minimum Gasteiger partial charge on any atom is -0.279 e. The van der Waals surface area contributed by atoms with Gasteiger partial charge in [0.15, 0.2) is 5.69 Å². The maximum absolute atomic E-state index is 9.35. The lowest BCUT2D eigenvalue weighted by Gasteiger charge is -2.13. The topological polar surface area (TPSA) is 63.3 Å². The number of para-hydroxylation sites is 3. The maximum atomic E-state index is 9.35. The van der Waals surface area contributed by atoms with Crippen LogP contribution in [0.4, 0.5) is 5.69 Å². The Bertz CT molecular complexity index is 2640. The number of fused-ring (bicyclic) bond motifs is 8. The van der Waals surface area contributed by atoms with E-state index < -0.39 is 0 Å². The number of nitrogens with zero attached hydrogens (tertiary/aromatic N) is 6. The molecule has 0 N–H and O–H groups in total. The summed E-state index contributed by atoms with van der Waals surface area (Å²) in [4.78, 5) is 14.0. The van der Waals surface area contributed by atoms with Gasteiger partial charge in [-0.15, -0.1) is 0 Å². The van der Waals surface area contributed by atoms with E-state index in [0.29, 0.717) is 11.3 Å². The van der Waals surface area contributed by atoms with Gasteiger partial charge in [-0.3, -0.25) is 8.97 Å². The van der Waals surface area contributed by atoms with Crippen molar-refractivity contribution in [3.05, 3.63) is 150 Å². The molecule has 46 heavy (non-hydrogen) atoms. The first-order valence-electron chi connectivity index (χ1n) is 14.9. The van der Waals surface area contributed by atoms with Gasteiger partial charge in [-0.05, 0) is 70.8 Å². The van der Waals surface area contributed by atoms with Gasteiger partial charge < -0.3 is 0 Å². The van der Waals surface area contributed by atoms with Crippen LogP contribution in [0.3, 0.4) is 0 Å².